The van der Waals surface area contributed by atoms with E-state index in [1.165, 1.54) is 0 Å². The second-order valence-electron chi connectivity index (χ2n) is 4.67. The van der Waals surface area contributed by atoms with Crippen molar-refractivity contribution in [2.75, 3.05) is 32.8 Å². The number of carbonyl (C=O) groups excluding carboxylic acids is 1. The van der Waals surface area contributed by atoms with E-state index in [0.29, 0.717) is 19.7 Å². The zero-order chi connectivity index (χ0) is 14.3. The highest BCUT2D eigenvalue weighted by atomic mass is 16.5. The van der Waals surface area contributed by atoms with Crippen LogP contribution in [-0.4, -0.2) is 65.8 Å². The lowest BCUT2D eigenvalue weighted by Crippen LogP contribution is -2.49. The van der Waals surface area contributed by atoms with E-state index < -0.39 is 5.97 Å². The summed E-state index contributed by atoms with van der Waals surface area (Å²) in [6.07, 6.45) is 2.02. The summed E-state index contributed by atoms with van der Waals surface area (Å²) in [6, 6.07) is -0.0758. The van der Waals surface area contributed by atoms with Gasteiger partial charge in [-0.3, -0.25) is 4.79 Å². The largest absolute Gasteiger partial charge is 0.481 e. The second-order valence-corrected chi connectivity index (χ2v) is 4.67. The minimum Gasteiger partial charge on any atom is -0.481 e. The van der Waals surface area contributed by atoms with Crippen molar-refractivity contribution in [1.82, 2.24) is 9.80 Å². The van der Waals surface area contributed by atoms with Gasteiger partial charge in [0.25, 0.3) is 0 Å². The zero-order valence-electron chi connectivity index (χ0n) is 11.8. The van der Waals surface area contributed by atoms with Crippen LogP contribution < -0.4 is 0 Å². The van der Waals surface area contributed by atoms with Crippen molar-refractivity contribution >= 4 is 12.0 Å². The van der Waals surface area contributed by atoms with Gasteiger partial charge in [-0.25, -0.2) is 4.79 Å². The number of carboxylic acids is 1. The lowest BCUT2D eigenvalue weighted by molar-refractivity contribution is -0.137. The van der Waals surface area contributed by atoms with Crippen molar-refractivity contribution < 1.29 is 19.4 Å². The number of ether oxygens (including phenoxy) is 1. The number of carbonyl (C=O) groups is 2. The molecule has 1 fully saturated rings. The monoisotopic (exact) mass is 272 g/mol. The Kier molecular flexibility index (Phi) is 6.62. The van der Waals surface area contributed by atoms with Gasteiger partial charge in [-0.2, -0.15) is 0 Å². The van der Waals surface area contributed by atoms with Crippen LogP contribution in [0, 0.1) is 0 Å². The molecule has 2 amide bonds. The minimum atomic E-state index is -0.878. The first-order valence-corrected chi connectivity index (χ1v) is 6.95. The first-order chi connectivity index (χ1) is 9.08. The van der Waals surface area contributed by atoms with Crippen molar-refractivity contribution in [3.63, 3.8) is 0 Å². The van der Waals surface area contributed by atoms with E-state index in [1.807, 2.05) is 13.8 Å². The van der Waals surface area contributed by atoms with Gasteiger partial charge in [0.05, 0.1) is 12.5 Å². The molecule has 0 aliphatic carbocycles. The van der Waals surface area contributed by atoms with Gasteiger partial charge in [-0.05, 0) is 26.7 Å². The number of likely N-dealkylation sites (tertiary alicyclic amines) is 1. The third kappa shape index (κ3) is 5.06. The summed E-state index contributed by atoms with van der Waals surface area (Å²) in [5.74, 6) is -0.878. The summed E-state index contributed by atoms with van der Waals surface area (Å²) in [5.41, 5.74) is 0. The summed E-state index contributed by atoms with van der Waals surface area (Å²) in [6.45, 7) is 6.60. The third-order valence-electron chi connectivity index (χ3n) is 3.30. The zero-order valence-corrected chi connectivity index (χ0v) is 11.8. The van der Waals surface area contributed by atoms with Crippen molar-refractivity contribution in [2.24, 2.45) is 0 Å². The van der Waals surface area contributed by atoms with E-state index in [-0.39, 0.29) is 25.1 Å². The van der Waals surface area contributed by atoms with E-state index in [2.05, 4.69) is 0 Å². The fourth-order valence-electron chi connectivity index (χ4n) is 2.30. The van der Waals surface area contributed by atoms with Crippen molar-refractivity contribution in [2.45, 2.75) is 39.2 Å². The molecular formula is C13H24N2O4. The van der Waals surface area contributed by atoms with E-state index in [9.17, 15) is 9.59 Å². The molecule has 1 aliphatic rings. The summed E-state index contributed by atoms with van der Waals surface area (Å²) in [4.78, 5) is 26.2. The van der Waals surface area contributed by atoms with Gasteiger partial charge in [0.15, 0.2) is 0 Å². The number of hydrogen-bond acceptors (Lipinski definition) is 3. The first kappa shape index (κ1) is 15.8. The predicted octanol–water partition coefficient (Wildman–Crippen LogP) is 1.40. The molecule has 1 rings (SSSR count). The van der Waals surface area contributed by atoms with E-state index in [4.69, 9.17) is 9.84 Å². The topological polar surface area (TPSA) is 70.1 Å². The molecule has 0 bridgehead atoms. The highest BCUT2D eigenvalue weighted by Gasteiger charge is 2.26. The summed E-state index contributed by atoms with van der Waals surface area (Å²) in [5, 5.41) is 8.69. The molecule has 19 heavy (non-hydrogen) atoms. The van der Waals surface area contributed by atoms with Crippen LogP contribution >= 0.6 is 0 Å². The Morgan fingerprint density at radius 2 is 2.16 bits per heavy atom. The molecular weight excluding hydrogens is 248 g/mol. The Labute approximate surface area is 114 Å². The van der Waals surface area contributed by atoms with Crippen LogP contribution in [-0.2, 0) is 9.53 Å². The van der Waals surface area contributed by atoms with Gasteiger partial charge in [-0.1, -0.05) is 0 Å². The number of aliphatic carboxylic acids is 1. The maximum Gasteiger partial charge on any atom is 0.320 e. The molecule has 1 unspecified atom stereocenters. The van der Waals surface area contributed by atoms with Gasteiger partial charge < -0.3 is 19.6 Å². The average molecular weight is 272 g/mol. The molecule has 0 radical (unpaired) electrons. The number of piperidine rings is 1. The maximum atomic E-state index is 12.3. The Morgan fingerprint density at radius 3 is 2.74 bits per heavy atom. The van der Waals surface area contributed by atoms with Crippen molar-refractivity contribution in [1.29, 1.82) is 0 Å². The molecule has 1 saturated heterocycles. The molecule has 1 atom stereocenters. The standard InChI is InChI=1S/C13H24N2O4/c1-3-14(9-7-12(16)17)13(18)15-8-5-6-11(10-15)19-4-2/h11H,3-10H2,1-2H3,(H,16,17). The minimum absolute atomic E-state index is 0.0116. The highest BCUT2D eigenvalue weighted by molar-refractivity contribution is 5.75. The van der Waals surface area contributed by atoms with Gasteiger partial charge in [0, 0.05) is 32.8 Å². The number of hydrogen-bond donors (Lipinski definition) is 1. The molecule has 0 saturated carbocycles. The summed E-state index contributed by atoms with van der Waals surface area (Å²) in [7, 11) is 0. The third-order valence-corrected chi connectivity index (χ3v) is 3.30. The van der Waals surface area contributed by atoms with Crippen LogP contribution in [0.1, 0.15) is 33.1 Å². The number of nitrogens with zero attached hydrogens (tertiary/aromatic N) is 2. The molecule has 110 valence electrons. The second kappa shape index (κ2) is 7.99. The number of rotatable bonds is 6. The molecule has 0 aromatic heterocycles. The Hall–Kier alpha value is -1.30. The normalized spacial score (nSPS) is 19.3. The van der Waals surface area contributed by atoms with Crippen LogP contribution in [0.3, 0.4) is 0 Å². The Bertz CT molecular complexity index is 307. The molecule has 1 N–H and O–H groups in total. The molecule has 0 spiro atoms. The quantitative estimate of drug-likeness (QED) is 0.793. The van der Waals surface area contributed by atoms with E-state index in [0.717, 1.165) is 19.4 Å². The molecule has 0 aromatic rings. The summed E-state index contributed by atoms with van der Waals surface area (Å²) < 4.78 is 5.57. The van der Waals surface area contributed by atoms with Gasteiger partial charge >= 0.3 is 12.0 Å². The average Bonchev–Trinajstić information content (AvgIpc) is 2.39. The fraction of sp³-hybridized carbons (Fsp3) is 0.846. The molecule has 1 heterocycles. The SMILES string of the molecule is CCOC1CCCN(C(=O)N(CC)CCC(=O)O)C1. The maximum absolute atomic E-state index is 12.3. The van der Waals surface area contributed by atoms with E-state index in [1.54, 1.807) is 9.80 Å². The predicted molar refractivity (Wildman–Crippen MR) is 71.1 cm³/mol. The number of carboxylic acid groups (broad SMARTS) is 1. The number of urea groups is 1. The van der Waals surface area contributed by atoms with Crippen LogP contribution in [0.2, 0.25) is 0 Å². The van der Waals surface area contributed by atoms with Crippen LogP contribution in [0.25, 0.3) is 0 Å². The van der Waals surface area contributed by atoms with E-state index >= 15 is 0 Å². The lowest BCUT2D eigenvalue weighted by Gasteiger charge is -2.35. The van der Waals surface area contributed by atoms with Gasteiger partial charge in [0.1, 0.15) is 0 Å². The number of amides is 2. The van der Waals surface area contributed by atoms with Gasteiger partial charge in [0.2, 0.25) is 0 Å². The smallest absolute Gasteiger partial charge is 0.320 e. The lowest BCUT2D eigenvalue weighted by atomic mass is 10.1. The molecule has 0 aromatic carbocycles. The van der Waals surface area contributed by atoms with Crippen LogP contribution in [0.15, 0.2) is 0 Å². The van der Waals surface area contributed by atoms with Crippen LogP contribution in [0.4, 0.5) is 4.79 Å². The molecule has 1 aliphatic heterocycles. The Morgan fingerprint density at radius 1 is 1.42 bits per heavy atom. The first-order valence-electron chi connectivity index (χ1n) is 6.95. The summed E-state index contributed by atoms with van der Waals surface area (Å²) >= 11 is 0. The molecule has 6 nitrogen and oxygen atoms in total. The van der Waals surface area contributed by atoms with Crippen molar-refractivity contribution in [3.05, 3.63) is 0 Å². The fourth-order valence-corrected chi connectivity index (χ4v) is 2.30. The van der Waals surface area contributed by atoms with Crippen molar-refractivity contribution in [3.8, 4) is 0 Å². The Balaban J connectivity index is 2.51. The molecule has 6 heteroatoms. The highest BCUT2D eigenvalue weighted by Crippen LogP contribution is 2.15. The van der Waals surface area contributed by atoms with Crippen LogP contribution in [0.5, 0.6) is 0 Å². The van der Waals surface area contributed by atoms with Gasteiger partial charge in [-0.15, -0.1) is 0 Å².